The van der Waals surface area contributed by atoms with Crippen LogP contribution in [-0.2, 0) is 0 Å². The van der Waals surface area contributed by atoms with E-state index in [0.717, 1.165) is 0 Å². The third kappa shape index (κ3) is 2.94. The van der Waals surface area contributed by atoms with Gasteiger partial charge in [-0.15, -0.1) is 0 Å². The van der Waals surface area contributed by atoms with E-state index in [-0.39, 0.29) is 37.6 Å². The van der Waals surface area contributed by atoms with Gasteiger partial charge in [0.05, 0.1) is 5.92 Å². The normalized spacial score (nSPS) is 17.4. The van der Waals surface area contributed by atoms with Gasteiger partial charge in [0.2, 0.25) is 0 Å². The first-order valence-corrected chi connectivity index (χ1v) is 6.18. The molecule has 0 saturated carbocycles. The van der Waals surface area contributed by atoms with Crippen LogP contribution >= 0.6 is 0 Å². The number of nitrogens with zero attached hydrogens (tertiary/aromatic N) is 2. The maximum Gasteiger partial charge on any atom is 0.391 e. The van der Waals surface area contributed by atoms with Gasteiger partial charge >= 0.3 is 6.18 Å². The second-order valence-corrected chi connectivity index (χ2v) is 4.68. The van der Waals surface area contributed by atoms with Crippen LogP contribution in [0.4, 0.5) is 33.6 Å². The van der Waals surface area contributed by atoms with E-state index in [1.54, 1.807) is 0 Å². The van der Waals surface area contributed by atoms with E-state index in [9.17, 15) is 22.0 Å². The zero-order valence-corrected chi connectivity index (χ0v) is 10.8. The summed E-state index contributed by atoms with van der Waals surface area (Å²) >= 11 is 0. The molecule has 0 bridgehead atoms. The predicted octanol–water partition coefficient (Wildman–Crippen LogP) is 3.18. The molecule has 0 aliphatic carbocycles. The molecule has 1 aromatic heterocycles. The first-order chi connectivity index (χ1) is 9.32. The summed E-state index contributed by atoms with van der Waals surface area (Å²) in [4.78, 5) is 5.20. The molecule has 20 heavy (non-hydrogen) atoms. The summed E-state index contributed by atoms with van der Waals surface area (Å²) in [5.41, 5.74) is 0. The lowest BCUT2D eigenvalue weighted by molar-refractivity contribution is -0.179. The largest absolute Gasteiger partial charge is 0.391 e. The Morgan fingerprint density at radius 1 is 1.20 bits per heavy atom. The average molecular weight is 295 g/mol. The van der Waals surface area contributed by atoms with E-state index in [0.29, 0.717) is 6.07 Å². The van der Waals surface area contributed by atoms with E-state index in [4.69, 9.17) is 0 Å². The minimum Gasteiger partial charge on any atom is -0.371 e. The Hall–Kier alpha value is -1.60. The lowest BCUT2D eigenvalue weighted by Gasteiger charge is -2.33. The Morgan fingerprint density at radius 2 is 1.80 bits per heavy atom. The average Bonchev–Trinajstić information content (AvgIpc) is 2.38. The van der Waals surface area contributed by atoms with Crippen molar-refractivity contribution in [1.82, 2.24) is 4.98 Å². The zero-order valence-electron chi connectivity index (χ0n) is 10.8. The minimum absolute atomic E-state index is 0.0445. The number of halogens is 5. The Balaban J connectivity index is 2.15. The van der Waals surface area contributed by atoms with Crippen molar-refractivity contribution in [2.45, 2.75) is 19.0 Å². The fourth-order valence-corrected chi connectivity index (χ4v) is 2.27. The van der Waals surface area contributed by atoms with Crippen molar-refractivity contribution in [2.75, 3.05) is 30.4 Å². The molecule has 2 rings (SSSR count). The maximum atomic E-state index is 13.7. The third-order valence-electron chi connectivity index (χ3n) is 3.41. The smallest absolute Gasteiger partial charge is 0.371 e. The van der Waals surface area contributed by atoms with Gasteiger partial charge in [-0.25, -0.2) is 13.8 Å². The van der Waals surface area contributed by atoms with E-state index >= 15 is 0 Å². The van der Waals surface area contributed by atoms with Crippen molar-refractivity contribution in [1.29, 1.82) is 0 Å². The van der Waals surface area contributed by atoms with Gasteiger partial charge in [0.1, 0.15) is 0 Å². The molecule has 0 radical (unpaired) electrons. The molecule has 1 saturated heterocycles. The Kier molecular flexibility index (Phi) is 4.01. The number of hydrogen-bond acceptors (Lipinski definition) is 3. The van der Waals surface area contributed by atoms with Crippen molar-refractivity contribution >= 4 is 11.6 Å². The molecule has 1 fully saturated rings. The highest BCUT2D eigenvalue weighted by molar-refractivity contribution is 5.49. The molecule has 2 heterocycles. The molecule has 112 valence electrons. The van der Waals surface area contributed by atoms with Crippen LogP contribution in [0.5, 0.6) is 0 Å². The van der Waals surface area contributed by atoms with Crippen LogP contribution in [0.15, 0.2) is 6.07 Å². The number of anilines is 2. The SMILES string of the molecule is CNc1nc(N2CCC(C(F)(F)F)CC2)c(F)cc1F. The number of piperidine rings is 1. The van der Waals surface area contributed by atoms with E-state index in [1.165, 1.54) is 11.9 Å². The number of hydrogen-bond donors (Lipinski definition) is 1. The summed E-state index contributed by atoms with van der Waals surface area (Å²) in [7, 11) is 1.43. The van der Waals surface area contributed by atoms with Crippen LogP contribution in [-0.4, -0.2) is 31.3 Å². The predicted molar refractivity (Wildman–Crippen MR) is 64.7 cm³/mol. The van der Waals surface area contributed by atoms with Crippen molar-refractivity contribution in [3.63, 3.8) is 0 Å². The molecule has 0 unspecified atom stereocenters. The number of nitrogens with one attached hydrogen (secondary N) is 1. The Morgan fingerprint density at radius 3 is 2.30 bits per heavy atom. The standard InChI is InChI=1S/C12H14F5N3/c1-18-10-8(13)6-9(14)11(19-10)20-4-2-7(3-5-20)12(15,16)17/h6-7H,2-5H2,1H3,(H,18,19). The quantitative estimate of drug-likeness (QED) is 0.849. The van der Waals surface area contributed by atoms with Gasteiger partial charge in [-0.1, -0.05) is 0 Å². The fourth-order valence-electron chi connectivity index (χ4n) is 2.27. The fraction of sp³-hybridized carbons (Fsp3) is 0.583. The molecule has 1 aromatic rings. The molecular weight excluding hydrogens is 281 g/mol. The molecule has 3 nitrogen and oxygen atoms in total. The van der Waals surface area contributed by atoms with E-state index in [1.807, 2.05) is 0 Å². The highest BCUT2D eigenvalue weighted by Crippen LogP contribution is 2.35. The zero-order chi connectivity index (χ0) is 14.9. The van der Waals surface area contributed by atoms with Crippen LogP contribution in [0.25, 0.3) is 0 Å². The summed E-state index contributed by atoms with van der Waals surface area (Å²) in [6.07, 6.45) is -4.45. The first-order valence-electron chi connectivity index (χ1n) is 6.18. The summed E-state index contributed by atoms with van der Waals surface area (Å²) < 4.78 is 64.6. The van der Waals surface area contributed by atoms with E-state index < -0.39 is 23.7 Å². The molecule has 1 aliphatic heterocycles. The summed E-state index contributed by atoms with van der Waals surface area (Å²) in [6.45, 7) is 0.0891. The minimum atomic E-state index is -4.23. The highest BCUT2D eigenvalue weighted by Gasteiger charge is 2.41. The van der Waals surface area contributed by atoms with Gasteiger partial charge in [0.15, 0.2) is 23.3 Å². The number of alkyl halides is 3. The van der Waals surface area contributed by atoms with Crippen molar-refractivity contribution in [3.8, 4) is 0 Å². The molecule has 0 amide bonds. The van der Waals surface area contributed by atoms with Crippen LogP contribution in [0.2, 0.25) is 0 Å². The molecule has 0 aromatic carbocycles. The summed E-state index contributed by atoms with van der Waals surface area (Å²) in [5, 5.41) is 2.48. The molecular formula is C12H14F5N3. The van der Waals surface area contributed by atoms with Gasteiger partial charge in [-0.3, -0.25) is 0 Å². The lowest BCUT2D eigenvalue weighted by atomic mass is 9.96. The van der Waals surface area contributed by atoms with Crippen LogP contribution in [0.1, 0.15) is 12.8 Å². The second-order valence-electron chi connectivity index (χ2n) is 4.68. The molecule has 1 aliphatic rings. The van der Waals surface area contributed by atoms with Gasteiger partial charge in [-0.2, -0.15) is 13.2 Å². The lowest BCUT2D eigenvalue weighted by Crippen LogP contribution is -2.39. The third-order valence-corrected chi connectivity index (χ3v) is 3.41. The second kappa shape index (κ2) is 5.41. The van der Waals surface area contributed by atoms with Gasteiger partial charge < -0.3 is 10.2 Å². The van der Waals surface area contributed by atoms with Crippen molar-refractivity contribution in [2.24, 2.45) is 5.92 Å². The first kappa shape index (κ1) is 14.8. The van der Waals surface area contributed by atoms with Gasteiger partial charge in [0.25, 0.3) is 0 Å². The number of rotatable bonds is 2. The summed E-state index contributed by atoms with van der Waals surface area (Å²) in [6, 6.07) is 0.685. The van der Waals surface area contributed by atoms with E-state index in [2.05, 4.69) is 10.3 Å². The maximum absolute atomic E-state index is 13.7. The molecule has 1 N–H and O–H groups in total. The van der Waals surface area contributed by atoms with Gasteiger partial charge in [0, 0.05) is 26.2 Å². The Bertz CT molecular complexity index is 481. The highest BCUT2D eigenvalue weighted by atomic mass is 19.4. The number of pyridine rings is 1. The van der Waals surface area contributed by atoms with Crippen LogP contribution in [0, 0.1) is 17.6 Å². The van der Waals surface area contributed by atoms with Crippen molar-refractivity contribution < 1.29 is 22.0 Å². The van der Waals surface area contributed by atoms with Crippen LogP contribution in [0.3, 0.4) is 0 Å². The molecule has 8 heteroatoms. The van der Waals surface area contributed by atoms with Crippen molar-refractivity contribution in [3.05, 3.63) is 17.7 Å². The molecule has 0 atom stereocenters. The summed E-state index contributed by atoms with van der Waals surface area (Å²) in [5.74, 6) is -3.31. The van der Waals surface area contributed by atoms with Crippen LogP contribution < -0.4 is 10.2 Å². The molecule has 0 spiro atoms. The van der Waals surface area contributed by atoms with Gasteiger partial charge in [-0.05, 0) is 12.8 Å². The monoisotopic (exact) mass is 295 g/mol. The number of aromatic nitrogens is 1. The Labute approximate surface area is 112 Å². The topological polar surface area (TPSA) is 28.2 Å².